The Morgan fingerprint density at radius 2 is 1.84 bits per heavy atom. The van der Waals surface area contributed by atoms with E-state index in [9.17, 15) is 14.4 Å². The van der Waals surface area contributed by atoms with Crippen LogP contribution in [0.25, 0.3) is 0 Å². The fourth-order valence-corrected chi connectivity index (χ4v) is 4.65. The lowest BCUT2D eigenvalue weighted by atomic mass is 9.87. The van der Waals surface area contributed by atoms with Crippen molar-refractivity contribution < 1.29 is 19.1 Å². The van der Waals surface area contributed by atoms with Crippen molar-refractivity contribution in [2.75, 3.05) is 11.5 Å². The van der Waals surface area contributed by atoms with Gasteiger partial charge in [0.05, 0.1) is 0 Å². The number of anilines is 1. The Kier molecular flexibility index (Phi) is 8.12. The van der Waals surface area contributed by atoms with Crippen LogP contribution in [0, 0.1) is 11.8 Å². The number of para-hydroxylation sites is 1. The van der Waals surface area contributed by atoms with Crippen molar-refractivity contribution in [1.29, 1.82) is 0 Å². The molecule has 1 heterocycles. The standard InChI is InChI=1S/C24H32N4O4/c1-3-23(30)28-16(2)15-20(19-7-4-5-8-21(19)28)26-17-10-12-18(13-11-17)27-22(29)9-6-14-32-24(25)31/h4-5,7-8,16-18,20,26H,3,10-15H2,1-2H3,(H2,25,31)(H,27,29)/t16-,17?,18?,20+/m0/s1. The molecule has 8 heteroatoms. The van der Waals surface area contributed by atoms with Crippen LogP contribution in [0.3, 0.4) is 0 Å². The van der Waals surface area contributed by atoms with Crippen LogP contribution in [0.4, 0.5) is 10.5 Å². The van der Waals surface area contributed by atoms with Crippen LogP contribution in [0.1, 0.15) is 64.0 Å². The summed E-state index contributed by atoms with van der Waals surface area (Å²) < 4.78 is 4.48. The molecule has 0 spiro atoms. The number of nitrogens with one attached hydrogen (secondary N) is 2. The molecule has 1 fully saturated rings. The molecule has 172 valence electrons. The highest BCUT2D eigenvalue weighted by Gasteiger charge is 2.34. The summed E-state index contributed by atoms with van der Waals surface area (Å²) in [5.41, 5.74) is 7.03. The monoisotopic (exact) mass is 440 g/mol. The number of nitrogens with two attached hydrogens (primary N) is 1. The molecule has 0 aromatic heterocycles. The van der Waals surface area contributed by atoms with E-state index < -0.39 is 6.09 Å². The first kappa shape index (κ1) is 23.6. The van der Waals surface area contributed by atoms with E-state index in [2.05, 4.69) is 40.2 Å². The number of fused-ring (bicyclic) bond motifs is 1. The molecule has 2 aliphatic rings. The van der Waals surface area contributed by atoms with Crippen LogP contribution in [0.15, 0.2) is 24.3 Å². The number of nitrogens with zero attached hydrogens (tertiary/aromatic N) is 1. The predicted octanol–water partition coefficient (Wildman–Crippen LogP) is 2.38. The first-order valence-electron chi connectivity index (χ1n) is 11.3. The fraction of sp³-hybridized carbons (Fsp3) is 0.542. The lowest BCUT2D eigenvalue weighted by molar-refractivity contribution is -0.119. The maximum Gasteiger partial charge on any atom is 0.405 e. The summed E-state index contributed by atoms with van der Waals surface area (Å²) in [7, 11) is 0. The summed E-state index contributed by atoms with van der Waals surface area (Å²) >= 11 is 0. The number of ether oxygens (including phenoxy) is 1. The Labute approximate surface area is 189 Å². The lowest BCUT2D eigenvalue weighted by Crippen LogP contribution is -2.48. The first-order chi connectivity index (χ1) is 15.4. The van der Waals surface area contributed by atoms with Gasteiger partial charge in [-0.05, 0) is 56.6 Å². The number of amides is 3. The van der Waals surface area contributed by atoms with Crippen LogP contribution in [0.5, 0.6) is 0 Å². The minimum absolute atomic E-state index is 0.0853. The number of rotatable bonds is 5. The zero-order valence-corrected chi connectivity index (χ0v) is 18.7. The van der Waals surface area contributed by atoms with Crippen molar-refractivity contribution in [2.24, 2.45) is 5.73 Å². The second kappa shape index (κ2) is 11.0. The van der Waals surface area contributed by atoms with E-state index in [1.165, 1.54) is 5.56 Å². The normalized spacial score (nSPS) is 24.5. The quantitative estimate of drug-likeness (QED) is 0.609. The average Bonchev–Trinajstić information content (AvgIpc) is 2.77. The zero-order chi connectivity index (χ0) is 23.1. The first-order valence-corrected chi connectivity index (χ1v) is 11.3. The van der Waals surface area contributed by atoms with E-state index in [4.69, 9.17) is 5.73 Å². The Bertz CT molecular complexity index is 899. The number of hydrogen-bond donors (Lipinski definition) is 3. The number of hydrogen-bond acceptors (Lipinski definition) is 5. The minimum Gasteiger partial charge on any atom is -0.437 e. The van der Waals surface area contributed by atoms with Gasteiger partial charge in [-0.15, -0.1) is 0 Å². The van der Waals surface area contributed by atoms with Crippen molar-refractivity contribution >= 4 is 23.6 Å². The van der Waals surface area contributed by atoms with Gasteiger partial charge in [0.15, 0.2) is 6.61 Å². The third-order valence-corrected chi connectivity index (χ3v) is 6.15. The van der Waals surface area contributed by atoms with E-state index in [1.54, 1.807) is 0 Å². The van der Waals surface area contributed by atoms with Gasteiger partial charge in [0.2, 0.25) is 5.91 Å². The smallest absolute Gasteiger partial charge is 0.405 e. The Morgan fingerprint density at radius 1 is 1.16 bits per heavy atom. The topological polar surface area (TPSA) is 114 Å². The molecule has 0 radical (unpaired) electrons. The van der Waals surface area contributed by atoms with Crippen LogP contribution >= 0.6 is 0 Å². The second-order valence-corrected chi connectivity index (χ2v) is 8.41. The Hall–Kier alpha value is -3.05. The van der Waals surface area contributed by atoms with Crippen molar-refractivity contribution in [3.8, 4) is 11.8 Å². The van der Waals surface area contributed by atoms with Crippen LogP contribution < -0.4 is 21.3 Å². The molecule has 1 aromatic rings. The lowest BCUT2D eigenvalue weighted by Gasteiger charge is -2.41. The summed E-state index contributed by atoms with van der Waals surface area (Å²) in [4.78, 5) is 36.9. The van der Waals surface area contributed by atoms with Gasteiger partial charge in [0, 0.05) is 36.3 Å². The molecule has 0 saturated heterocycles. The van der Waals surface area contributed by atoms with Crippen molar-refractivity contribution in [1.82, 2.24) is 10.6 Å². The summed E-state index contributed by atoms with van der Waals surface area (Å²) in [6.45, 7) is 3.82. The minimum atomic E-state index is -0.912. The Balaban J connectivity index is 1.53. The number of benzene rings is 1. The van der Waals surface area contributed by atoms with Gasteiger partial charge in [-0.3, -0.25) is 9.59 Å². The van der Waals surface area contributed by atoms with Crippen molar-refractivity contribution in [3.63, 3.8) is 0 Å². The summed E-state index contributed by atoms with van der Waals surface area (Å²) in [6.07, 6.45) is 4.10. The van der Waals surface area contributed by atoms with Crippen LogP contribution in [-0.4, -0.2) is 42.6 Å². The van der Waals surface area contributed by atoms with Gasteiger partial charge in [-0.2, -0.15) is 0 Å². The summed E-state index contributed by atoms with van der Waals surface area (Å²) in [5.74, 6) is 4.67. The number of primary amides is 1. The third kappa shape index (κ3) is 6.01. The molecule has 1 aromatic carbocycles. The molecule has 1 saturated carbocycles. The van der Waals surface area contributed by atoms with Crippen molar-refractivity contribution in [3.05, 3.63) is 29.8 Å². The van der Waals surface area contributed by atoms with E-state index in [-0.39, 0.29) is 36.5 Å². The van der Waals surface area contributed by atoms with E-state index in [0.717, 1.165) is 37.8 Å². The van der Waals surface area contributed by atoms with Gasteiger partial charge >= 0.3 is 6.09 Å². The van der Waals surface area contributed by atoms with Gasteiger partial charge < -0.3 is 26.0 Å². The number of carbonyl (C=O) groups is 3. The molecule has 0 bridgehead atoms. The fourth-order valence-electron chi connectivity index (χ4n) is 4.65. The molecule has 0 unspecified atom stereocenters. The van der Waals surface area contributed by atoms with Gasteiger partial charge in [0.25, 0.3) is 5.91 Å². The summed E-state index contributed by atoms with van der Waals surface area (Å²) in [5, 5.41) is 6.73. The number of carbonyl (C=O) groups excluding carboxylic acids is 3. The molecule has 4 N–H and O–H groups in total. The van der Waals surface area contributed by atoms with Gasteiger partial charge in [0.1, 0.15) is 0 Å². The van der Waals surface area contributed by atoms with Crippen LogP contribution in [0.2, 0.25) is 0 Å². The molecule has 1 aliphatic carbocycles. The molecule has 32 heavy (non-hydrogen) atoms. The average molecular weight is 441 g/mol. The predicted molar refractivity (Wildman–Crippen MR) is 122 cm³/mol. The van der Waals surface area contributed by atoms with Crippen molar-refractivity contribution in [2.45, 2.75) is 76.5 Å². The molecule has 2 atom stereocenters. The summed E-state index contributed by atoms with van der Waals surface area (Å²) in [6, 6.07) is 8.95. The molecular formula is C24H32N4O4. The SMILES string of the molecule is CCC(=O)N1c2ccccc2[C@H](NC2CCC(NC(=O)C#CCOC(N)=O)CC2)C[C@@H]1C. The molecule has 3 amide bonds. The maximum absolute atomic E-state index is 12.5. The zero-order valence-electron chi connectivity index (χ0n) is 18.7. The van der Waals surface area contributed by atoms with Crippen LogP contribution in [-0.2, 0) is 14.3 Å². The largest absolute Gasteiger partial charge is 0.437 e. The highest BCUT2D eigenvalue weighted by Crippen LogP contribution is 2.38. The highest BCUT2D eigenvalue weighted by atomic mass is 16.5. The maximum atomic E-state index is 12.5. The molecule has 8 nitrogen and oxygen atoms in total. The Morgan fingerprint density at radius 3 is 2.53 bits per heavy atom. The molecule has 1 aliphatic heterocycles. The third-order valence-electron chi connectivity index (χ3n) is 6.15. The van der Waals surface area contributed by atoms with Gasteiger partial charge in [-0.25, -0.2) is 4.79 Å². The van der Waals surface area contributed by atoms with Gasteiger partial charge in [-0.1, -0.05) is 31.0 Å². The van der Waals surface area contributed by atoms with E-state index in [1.807, 2.05) is 30.0 Å². The van der Waals surface area contributed by atoms with E-state index >= 15 is 0 Å². The van der Waals surface area contributed by atoms with E-state index in [0.29, 0.717) is 12.5 Å². The molecular weight excluding hydrogens is 408 g/mol. The molecule has 3 rings (SSSR count). The second-order valence-electron chi connectivity index (χ2n) is 8.41. The highest BCUT2D eigenvalue weighted by molar-refractivity contribution is 5.95.